The molecule has 2 aliphatic rings. The number of cyclic esters (lactones) is 1. The van der Waals surface area contributed by atoms with Gasteiger partial charge in [-0.1, -0.05) is 25.5 Å². The van der Waals surface area contributed by atoms with Crippen molar-refractivity contribution in [3.63, 3.8) is 0 Å². The summed E-state index contributed by atoms with van der Waals surface area (Å²) in [5, 5.41) is 0. The molecule has 3 atom stereocenters. The summed E-state index contributed by atoms with van der Waals surface area (Å²) in [6.45, 7) is 4.40. The van der Waals surface area contributed by atoms with Gasteiger partial charge < -0.3 is 15.2 Å². The predicted molar refractivity (Wildman–Crippen MR) is 87.4 cm³/mol. The fourth-order valence-electron chi connectivity index (χ4n) is 3.90. The predicted octanol–water partition coefficient (Wildman–Crippen LogP) is 3.00. The second-order valence-corrected chi connectivity index (χ2v) is 6.33. The summed E-state index contributed by atoms with van der Waals surface area (Å²) in [6.07, 6.45) is 7.32. The van der Waals surface area contributed by atoms with Gasteiger partial charge in [-0.05, 0) is 38.2 Å². The molecule has 0 bridgehead atoms. The van der Waals surface area contributed by atoms with E-state index in [4.69, 9.17) is 15.2 Å². The number of carbonyl (C=O) groups is 1. The van der Waals surface area contributed by atoms with E-state index < -0.39 is 5.60 Å². The van der Waals surface area contributed by atoms with Crippen molar-refractivity contribution in [1.29, 1.82) is 0 Å². The molecule has 1 fully saturated rings. The van der Waals surface area contributed by atoms with Crippen LogP contribution in [0.4, 0.5) is 5.82 Å². The largest absolute Gasteiger partial charge is 0.456 e. The molecule has 0 saturated carbocycles. The van der Waals surface area contributed by atoms with Crippen molar-refractivity contribution in [2.45, 2.75) is 57.8 Å². The summed E-state index contributed by atoms with van der Waals surface area (Å²) in [6, 6.07) is 3.75. The van der Waals surface area contributed by atoms with Gasteiger partial charge >= 0.3 is 5.97 Å². The van der Waals surface area contributed by atoms with E-state index in [0.717, 1.165) is 31.2 Å². The Morgan fingerprint density at radius 1 is 1.52 bits per heavy atom. The molecule has 1 aliphatic heterocycles. The number of hydrogen-bond donors (Lipinski definition) is 1. The minimum atomic E-state index is -0.676. The molecule has 1 aromatic rings. The molecule has 1 aliphatic carbocycles. The van der Waals surface area contributed by atoms with Crippen LogP contribution in [0.2, 0.25) is 0 Å². The molecule has 0 aromatic carbocycles. The van der Waals surface area contributed by atoms with Crippen molar-refractivity contribution in [3.8, 4) is 0 Å². The van der Waals surface area contributed by atoms with Crippen LogP contribution < -0.4 is 5.73 Å². The highest BCUT2D eigenvalue weighted by Crippen LogP contribution is 2.47. The zero-order valence-corrected chi connectivity index (χ0v) is 13.7. The van der Waals surface area contributed by atoms with Crippen molar-refractivity contribution < 1.29 is 14.3 Å². The van der Waals surface area contributed by atoms with Crippen LogP contribution in [-0.2, 0) is 20.9 Å². The van der Waals surface area contributed by atoms with Gasteiger partial charge in [-0.2, -0.15) is 0 Å². The number of carbonyl (C=O) groups excluding carboxylic acids is 1. The lowest BCUT2D eigenvalue weighted by Crippen LogP contribution is -2.47. The van der Waals surface area contributed by atoms with E-state index in [0.29, 0.717) is 18.0 Å². The lowest BCUT2D eigenvalue weighted by atomic mass is 9.76. The van der Waals surface area contributed by atoms with Crippen LogP contribution in [0.25, 0.3) is 0 Å². The van der Waals surface area contributed by atoms with Gasteiger partial charge in [0.2, 0.25) is 0 Å². The van der Waals surface area contributed by atoms with Crippen LogP contribution >= 0.6 is 0 Å². The number of nitrogens with zero attached hydrogens (tertiary/aromatic N) is 1. The number of esters is 1. The van der Waals surface area contributed by atoms with Crippen LogP contribution in [0.15, 0.2) is 30.0 Å². The summed E-state index contributed by atoms with van der Waals surface area (Å²) in [7, 11) is 0. The van der Waals surface area contributed by atoms with Gasteiger partial charge in [0.1, 0.15) is 17.5 Å². The molecule has 1 unspecified atom stereocenters. The molecule has 23 heavy (non-hydrogen) atoms. The number of hydrogen-bond acceptors (Lipinski definition) is 5. The Morgan fingerprint density at radius 2 is 2.35 bits per heavy atom. The zero-order chi connectivity index (χ0) is 16.4. The normalized spacial score (nSPS) is 30.3. The molecule has 5 heteroatoms. The highest BCUT2D eigenvalue weighted by molar-refractivity contribution is 5.94. The van der Waals surface area contributed by atoms with Crippen LogP contribution in [0, 0.1) is 5.92 Å². The van der Waals surface area contributed by atoms with Gasteiger partial charge in [-0.3, -0.25) is 0 Å². The fraction of sp³-hybridized carbons (Fsp3) is 0.556. The number of fused-ring (bicyclic) bond motifs is 1. The van der Waals surface area contributed by atoms with Gasteiger partial charge in [0, 0.05) is 11.8 Å². The highest BCUT2D eigenvalue weighted by atomic mass is 16.6. The Bertz CT molecular complexity index is 628. The number of ether oxygens (including phenoxy) is 2. The summed E-state index contributed by atoms with van der Waals surface area (Å²) in [4.78, 5) is 16.4. The lowest BCUT2D eigenvalue weighted by molar-refractivity contribution is -0.146. The molecule has 2 N–H and O–H groups in total. The highest BCUT2D eigenvalue weighted by Gasteiger charge is 2.57. The summed E-state index contributed by atoms with van der Waals surface area (Å²) in [5.41, 5.74) is 6.78. The molecular formula is C18H24N2O3. The average molecular weight is 316 g/mol. The number of nitrogens with two attached hydrogens (primary N) is 1. The molecular weight excluding hydrogens is 292 g/mol. The van der Waals surface area contributed by atoms with Crippen LogP contribution in [0.3, 0.4) is 0 Å². The molecule has 0 spiro atoms. The Morgan fingerprint density at radius 3 is 3.09 bits per heavy atom. The molecule has 0 amide bonds. The molecule has 3 rings (SSSR count). The second kappa shape index (κ2) is 6.32. The number of rotatable bonds is 4. The topological polar surface area (TPSA) is 74.4 Å². The van der Waals surface area contributed by atoms with E-state index in [1.807, 2.05) is 25.1 Å². The maximum atomic E-state index is 12.3. The Labute approximate surface area is 136 Å². The third-order valence-electron chi connectivity index (χ3n) is 5.13. The summed E-state index contributed by atoms with van der Waals surface area (Å²) >= 11 is 0. The number of pyridine rings is 1. The van der Waals surface area contributed by atoms with E-state index in [2.05, 4.69) is 11.9 Å². The lowest BCUT2D eigenvalue weighted by Gasteiger charge is -2.38. The Kier molecular flexibility index (Phi) is 4.39. The van der Waals surface area contributed by atoms with Crippen molar-refractivity contribution in [1.82, 2.24) is 4.98 Å². The second-order valence-electron chi connectivity index (χ2n) is 6.33. The quantitative estimate of drug-likeness (QED) is 0.864. The fourth-order valence-corrected chi connectivity index (χ4v) is 3.90. The van der Waals surface area contributed by atoms with Gasteiger partial charge in [-0.25, -0.2) is 9.78 Å². The van der Waals surface area contributed by atoms with Crippen molar-refractivity contribution in [3.05, 3.63) is 35.5 Å². The van der Waals surface area contributed by atoms with Crippen LogP contribution in [0.5, 0.6) is 0 Å². The van der Waals surface area contributed by atoms with E-state index in [1.165, 1.54) is 0 Å². The first-order valence-electron chi connectivity index (χ1n) is 8.34. The zero-order valence-electron chi connectivity index (χ0n) is 13.7. The Hall–Kier alpha value is -1.88. The first-order valence-corrected chi connectivity index (χ1v) is 8.34. The summed E-state index contributed by atoms with van der Waals surface area (Å²) in [5.74, 6) is 0.488. The number of allylic oxidation sites excluding steroid dienone is 1. The first-order chi connectivity index (χ1) is 11.1. The SMILES string of the molecule is CCC1CCCC=C2C(=O)O[C@H](C)[C@@]21OCc1cccnc1N. The molecule has 0 radical (unpaired) electrons. The molecule has 1 saturated heterocycles. The summed E-state index contributed by atoms with van der Waals surface area (Å²) < 4.78 is 11.9. The van der Waals surface area contributed by atoms with Gasteiger partial charge in [0.25, 0.3) is 0 Å². The van der Waals surface area contributed by atoms with E-state index in [1.54, 1.807) is 6.20 Å². The van der Waals surface area contributed by atoms with Crippen LogP contribution in [-0.4, -0.2) is 22.7 Å². The third kappa shape index (κ3) is 2.63. The number of nitrogen functional groups attached to an aromatic ring is 1. The molecule has 5 nitrogen and oxygen atoms in total. The molecule has 2 heterocycles. The first kappa shape index (κ1) is 16.0. The monoisotopic (exact) mass is 316 g/mol. The minimum absolute atomic E-state index is 0.239. The average Bonchev–Trinajstić information content (AvgIpc) is 2.70. The smallest absolute Gasteiger partial charge is 0.337 e. The number of aromatic nitrogens is 1. The minimum Gasteiger partial charge on any atom is -0.456 e. The standard InChI is InChI=1S/C18H24N2O3/c1-3-14-8-4-5-9-15-17(21)23-12(2)18(14,15)22-11-13-7-6-10-20-16(13)19/h6-7,9-10,12,14H,3-5,8,11H2,1-2H3,(H2,19,20)/t12-,14?,18+/m1/s1. The van der Waals surface area contributed by atoms with E-state index in [9.17, 15) is 4.79 Å². The third-order valence-corrected chi connectivity index (χ3v) is 5.13. The molecule has 1 aromatic heterocycles. The van der Waals surface area contributed by atoms with E-state index >= 15 is 0 Å². The van der Waals surface area contributed by atoms with E-state index in [-0.39, 0.29) is 18.0 Å². The van der Waals surface area contributed by atoms with Gasteiger partial charge in [0.05, 0.1) is 12.2 Å². The van der Waals surface area contributed by atoms with Crippen molar-refractivity contribution >= 4 is 11.8 Å². The van der Waals surface area contributed by atoms with Crippen LogP contribution in [0.1, 0.15) is 45.1 Å². The molecule has 124 valence electrons. The number of anilines is 1. The maximum absolute atomic E-state index is 12.3. The maximum Gasteiger partial charge on any atom is 0.337 e. The Balaban J connectivity index is 1.95. The van der Waals surface area contributed by atoms with Crippen molar-refractivity contribution in [2.24, 2.45) is 5.92 Å². The van der Waals surface area contributed by atoms with Gasteiger partial charge in [0.15, 0.2) is 0 Å². The van der Waals surface area contributed by atoms with Crippen molar-refractivity contribution in [2.75, 3.05) is 5.73 Å². The van der Waals surface area contributed by atoms with Gasteiger partial charge in [-0.15, -0.1) is 0 Å².